The molecule has 0 aliphatic rings. The van der Waals surface area contributed by atoms with E-state index in [9.17, 15) is 0 Å². The van der Waals surface area contributed by atoms with Crippen LogP contribution in [0.1, 0.15) is 45.2 Å². The molecule has 4 nitrogen and oxygen atoms in total. The van der Waals surface area contributed by atoms with Gasteiger partial charge < -0.3 is 5.32 Å². The Kier molecular flexibility index (Phi) is 5.74. The van der Waals surface area contributed by atoms with E-state index in [1.165, 1.54) is 25.7 Å². The third-order valence-electron chi connectivity index (χ3n) is 3.40. The van der Waals surface area contributed by atoms with E-state index >= 15 is 0 Å². The highest BCUT2D eigenvalue weighted by Crippen LogP contribution is 2.06. The first-order chi connectivity index (χ1) is 9.79. The van der Waals surface area contributed by atoms with Gasteiger partial charge in [-0.2, -0.15) is 15.0 Å². The molecule has 2 aromatic rings. The highest BCUT2D eigenvalue weighted by molar-refractivity contribution is 5.28. The quantitative estimate of drug-likeness (QED) is 0.750. The lowest BCUT2D eigenvalue weighted by atomic mass is 10.1. The van der Waals surface area contributed by atoms with Gasteiger partial charge in [-0.1, -0.05) is 44.4 Å². The van der Waals surface area contributed by atoms with Crippen molar-refractivity contribution in [3.8, 4) is 5.69 Å². The molecule has 4 heteroatoms. The molecule has 2 rings (SSSR count). The standard InChI is InChI=1S/C16H24N4/c1-3-4-6-9-14(2)17-12-15-13-18-20(19-15)16-10-7-5-8-11-16/h5,7-8,10-11,13-14,17H,3-4,6,9,12H2,1-2H3. The second-order valence-corrected chi connectivity index (χ2v) is 5.24. The molecule has 0 fully saturated rings. The van der Waals surface area contributed by atoms with Crippen molar-refractivity contribution in [3.63, 3.8) is 0 Å². The van der Waals surface area contributed by atoms with E-state index in [4.69, 9.17) is 0 Å². The highest BCUT2D eigenvalue weighted by Gasteiger charge is 2.05. The van der Waals surface area contributed by atoms with Gasteiger partial charge >= 0.3 is 0 Å². The average molecular weight is 272 g/mol. The van der Waals surface area contributed by atoms with Crippen molar-refractivity contribution in [2.24, 2.45) is 0 Å². The molecule has 1 heterocycles. The molecule has 1 unspecified atom stereocenters. The Morgan fingerprint density at radius 3 is 2.75 bits per heavy atom. The number of hydrogen-bond donors (Lipinski definition) is 1. The van der Waals surface area contributed by atoms with Gasteiger partial charge in [-0.15, -0.1) is 0 Å². The molecule has 1 aromatic heterocycles. The highest BCUT2D eigenvalue weighted by atomic mass is 15.5. The normalized spacial score (nSPS) is 12.5. The van der Waals surface area contributed by atoms with Crippen molar-refractivity contribution >= 4 is 0 Å². The molecule has 1 N–H and O–H groups in total. The van der Waals surface area contributed by atoms with Crippen molar-refractivity contribution in [2.75, 3.05) is 0 Å². The number of unbranched alkanes of at least 4 members (excludes halogenated alkanes) is 2. The Morgan fingerprint density at radius 1 is 1.20 bits per heavy atom. The second kappa shape index (κ2) is 7.80. The van der Waals surface area contributed by atoms with Crippen molar-refractivity contribution in [3.05, 3.63) is 42.2 Å². The van der Waals surface area contributed by atoms with Crippen LogP contribution in [0.5, 0.6) is 0 Å². The molecule has 0 aliphatic carbocycles. The average Bonchev–Trinajstić information content (AvgIpc) is 2.95. The Morgan fingerprint density at radius 2 is 2.00 bits per heavy atom. The summed E-state index contributed by atoms with van der Waals surface area (Å²) in [5.41, 5.74) is 1.98. The van der Waals surface area contributed by atoms with Crippen molar-refractivity contribution in [2.45, 2.75) is 52.1 Å². The van der Waals surface area contributed by atoms with E-state index in [0.717, 1.165) is 17.9 Å². The van der Waals surface area contributed by atoms with Gasteiger partial charge in [0.25, 0.3) is 0 Å². The predicted molar refractivity (Wildman–Crippen MR) is 81.8 cm³/mol. The van der Waals surface area contributed by atoms with Gasteiger partial charge in [-0.25, -0.2) is 0 Å². The number of benzene rings is 1. The summed E-state index contributed by atoms with van der Waals surface area (Å²) in [6.45, 7) is 5.25. The summed E-state index contributed by atoms with van der Waals surface area (Å²) in [6, 6.07) is 10.5. The first-order valence-electron chi connectivity index (χ1n) is 7.49. The fraction of sp³-hybridized carbons (Fsp3) is 0.500. The molecule has 1 atom stereocenters. The summed E-state index contributed by atoms with van der Waals surface area (Å²) in [6.07, 6.45) is 6.94. The number of aromatic nitrogens is 3. The van der Waals surface area contributed by atoms with Gasteiger partial charge in [0.05, 0.1) is 17.6 Å². The Balaban J connectivity index is 1.81. The molecular formula is C16H24N4. The second-order valence-electron chi connectivity index (χ2n) is 5.24. The maximum atomic E-state index is 4.49. The summed E-state index contributed by atoms with van der Waals surface area (Å²) in [7, 11) is 0. The van der Waals surface area contributed by atoms with Crippen LogP contribution >= 0.6 is 0 Å². The minimum absolute atomic E-state index is 0.531. The molecular weight excluding hydrogens is 248 g/mol. The molecule has 108 valence electrons. The minimum Gasteiger partial charge on any atom is -0.309 e. The van der Waals surface area contributed by atoms with Crippen LogP contribution in [0.25, 0.3) is 5.69 Å². The van der Waals surface area contributed by atoms with E-state index in [-0.39, 0.29) is 0 Å². The maximum absolute atomic E-state index is 4.49. The minimum atomic E-state index is 0.531. The summed E-state index contributed by atoms with van der Waals surface area (Å²) < 4.78 is 0. The van der Waals surface area contributed by atoms with E-state index in [2.05, 4.69) is 29.4 Å². The predicted octanol–water partition coefficient (Wildman–Crippen LogP) is 3.33. The lowest BCUT2D eigenvalue weighted by molar-refractivity contribution is 0.483. The first kappa shape index (κ1) is 14.7. The van der Waals surface area contributed by atoms with E-state index in [0.29, 0.717) is 6.04 Å². The summed E-state index contributed by atoms with van der Waals surface area (Å²) >= 11 is 0. The molecule has 0 radical (unpaired) electrons. The third kappa shape index (κ3) is 4.46. The number of nitrogens with one attached hydrogen (secondary N) is 1. The fourth-order valence-electron chi connectivity index (χ4n) is 2.14. The fourth-order valence-corrected chi connectivity index (χ4v) is 2.14. The van der Waals surface area contributed by atoms with E-state index in [1.807, 2.05) is 36.5 Å². The maximum Gasteiger partial charge on any atom is 0.0969 e. The lowest BCUT2D eigenvalue weighted by Gasteiger charge is -2.11. The van der Waals surface area contributed by atoms with Crippen LogP contribution in [0.2, 0.25) is 0 Å². The third-order valence-corrected chi connectivity index (χ3v) is 3.40. The van der Waals surface area contributed by atoms with Crippen LogP contribution in [-0.2, 0) is 6.54 Å². The first-order valence-corrected chi connectivity index (χ1v) is 7.49. The van der Waals surface area contributed by atoms with Crippen LogP contribution in [0.4, 0.5) is 0 Å². The summed E-state index contributed by atoms with van der Waals surface area (Å²) in [5.74, 6) is 0. The smallest absolute Gasteiger partial charge is 0.0969 e. The van der Waals surface area contributed by atoms with Gasteiger partial charge in [-0.05, 0) is 25.5 Å². The van der Waals surface area contributed by atoms with Crippen LogP contribution in [-0.4, -0.2) is 21.0 Å². The monoisotopic (exact) mass is 272 g/mol. The number of nitrogens with zero attached hydrogens (tertiary/aromatic N) is 3. The Labute approximate surface area is 121 Å². The molecule has 0 bridgehead atoms. The molecule has 0 spiro atoms. The van der Waals surface area contributed by atoms with Crippen molar-refractivity contribution < 1.29 is 0 Å². The van der Waals surface area contributed by atoms with Crippen LogP contribution in [0.3, 0.4) is 0 Å². The van der Waals surface area contributed by atoms with E-state index < -0.39 is 0 Å². The topological polar surface area (TPSA) is 42.7 Å². The number of rotatable bonds is 8. The Hall–Kier alpha value is -1.68. The lowest BCUT2D eigenvalue weighted by Crippen LogP contribution is -2.25. The number of hydrogen-bond acceptors (Lipinski definition) is 3. The van der Waals surface area contributed by atoms with Gasteiger partial charge in [0, 0.05) is 12.6 Å². The zero-order chi connectivity index (χ0) is 14.2. The van der Waals surface area contributed by atoms with Gasteiger partial charge in [0.2, 0.25) is 0 Å². The molecule has 0 aliphatic heterocycles. The molecule has 1 aromatic carbocycles. The van der Waals surface area contributed by atoms with E-state index in [1.54, 1.807) is 4.80 Å². The van der Waals surface area contributed by atoms with Crippen LogP contribution in [0.15, 0.2) is 36.5 Å². The molecule has 0 amide bonds. The summed E-state index contributed by atoms with van der Waals surface area (Å²) in [5, 5.41) is 12.3. The largest absolute Gasteiger partial charge is 0.309 e. The van der Waals surface area contributed by atoms with Gasteiger partial charge in [0.15, 0.2) is 0 Å². The van der Waals surface area contributed by atoms with Crippen molar-refractivity contribution in [1.82, 2.24) is 20.3 Å². The SMILES string of the molecule is CCCCCC(C)NCc1cnn(-c2ccccc2)n1. The molecule has 0 saturated carbocycles. The number of para-hydroxylation sites is 1. The van der Waals surface area contributed by atoms with Crippen LogP contribution < -0.4 is 5.32 Å². The van der Waals surface area contributed by atoms with Crippen molar-refractivity contribution in [1.29, 1.82) is 0 Å². The molecule has 20 heavy (non-hydrogen) atoms. The zero-order valence-electron chi connectivity index (χ0n) is 12.4. The molecule has 0 saturated heterocycles. The van der Waals surface area contributed by atoms with Crippen LogP contribution in [0, 0.1) is 0 Å². The summed E-state index contributed by atoms with van der Waals surface area (Å²) in [4.78, 5) is 1.68. The van der Waals surface area contributed by atoms with Gasteiger partial charge in [-0.3, -0.25) is 0 Å². The van der Waals surface area contributed by atoms with Gasteiger partial charge in [0.1, 0.15) is 0 Å². The Bertz CT molecular complexity index is 492. The zero-order valence-corrected chi connectivity index (χ0v) is 12.4.